The Kier molecular flexibility index (Phi) is 2.59. The van der Waals surface area contributed by atoms with Crippen LogP contribution >= 0.6 is 23.2 Å². The van der Waals surface area contributed by atoms with Gasteiger partial charge in [0.15, 0.2) is 6.29 Å². The van der Waals surface area contributed by atoms with Crippen molar-refractivity contribution in [3.05, 3.63) is 39.8 Å². The van der Waals surface area contributed by atoms with Gasteiger partial charge in [0.1, 0.15) is 11.0 Å². The Labute approximate surface area is 94.6 Å². The van der Waals surface area contributed by atoms with Crippen LogP contribution in [0.3, 0.4) is 0 Å². The number of pyridine rings is 1. The molecule has 1 aromatic heterocycles. The molecule has 2 rings (SSSR count). The van der Waals surface area contributed by atoms with E-state index in [0.29, 0.717) is 17.2 Å². The number of benzene rings is 1. The summed E-state index contributed by atoms with van der Waals surface area (Å²) in [7, 11) is 0. The molecule has 0 aliphatic heterocycles. The van der Waals surface area contributed by atoms with Gasteiger partial charge in [-0.05, 0) is 12.1 Å². The number of nitrogens with zero attached hydrogens (tertiary/aromatic N) is 1. The molecular weight excluding hydrogens is 240 g/mol. The molecule has 2 aromatic rings. The zero-order valence-corrected chi connectivity index (χ0v) is 8.81. The highest BCUT2D eigenvalue weighted by Crippen LogP contribution is 2.24. The van der Waals surface area contributed by atoms with E-state index in [0.717, 1.165) is 0 Å². The van der Waals surface area contributed by atoms with Gasteiger partial charge in [0.05, 0.1) is 16.1 Å². The Morgan fingerprint density at radius 2 is 2.00 bits per heavy atom. The normalized spacial score (nSPS) is 10.6. The molecular formula is C10H4Cl2FNO. The van der Waals surface area contributed by atoms with E-state index < -0.39 is 5.82 Å². The van der Waals surface area contributed by atoms with Crippen LogP contribution in [0.1, 0.15) is 10.4 Å². The van der Waals surface area contributed by atoms with Crippen LogP contribution in [0, 0.1) is 5.82 Å². The van der Waals surface area contributed by atoms with E-state index in [-0.39, 0.29) is 15.7 Å². The minimum Gasteiger partial charge on any atom is -0.298 e. The Morgan fingerprint density at radius 3 is 2.67 bits per heavy atom. The number of fused-ring (bicyclic) bond motifs is 1. The van der Waals surface area contributed by atoms with E-state index in [4.69, 9.17) is 23.2 Å². The molecule has 2 nitrogen and oxygen atoms in total. The van der Waals surface area contributed by atoms with E-state index in [9.17, 15) is 9.18 Å². The lowest BCUT2D eigenvalue weighted by atomic mass is 10.2. The molecule has 15 heavy (non-hydrogen) atoms. The van der Waals surface area contributed by atoms with E-state index >= 15 is 0 Å². The highest BCUT2D eigenvalue weighted by Gasteiger charge is 2.07. The molecule has 0 fully saturated rings. The van der Waals surface area contributed by atoms with Crippen molar-refractivity contribution in [1.82, 2.24) is 4.98 Å². The standard InChI is InChI=1S/C10H4Cl2FNO/c11-7-2-5-1-6(4-15)10(12)14-9(5)3-8(7)13/h1-4H. The number of halogens is 3. The molecule has 0 aliphatic rings. The highest BCUT2D eigenvalue weighted by molar-refractivity contribution is 6.33. The van der Waals surface area contributed by atoms with Crippen LogP contribution in [0.15, 0.2) is 18.2 Å². The quantitative estimate of drug-likeness (QED) is 0.567. The molecule has 0 N–H and O–H groups in total. The predicted molar refractivity (Wildman–Crippen MR) is 57.1 cm³/mol. The van der Waals surface area contributed by atoms with Crippen molar-refractivity contribution < 1.29 is 9.18 Å². The summed E-state index contributed by atoms with van der Waals surface area (Å²) in [5, 5.41) is 0.621. The molecule has 0 saturated heterocycles. The van der Waals surface area contributed by atoms with Crippen LogP contribution in [-0.2, 0) is 0 Å². The average molecular weight is 244 g/mol. The van der Waals surface area contributed by atoms with Crippen molar-refractivity contribution in [2.75, 3.05) is 0 Å². The predicted octanol–water partition coefficient (Wildman–Crippen LogP) is 3.49. The summed E-state index contributed by atoms with van der Waals surface area (Å²) in [5.74, 6) is -0.563. The topological polar surface area (TPSA) is 30.0 Å². The lowest BCUT2D eigenvalue weighted by Crippen LogP contribution is -1.89. The van der Waals surface area contributed by atoms with Gasteiger partial charge in [0, 0.05) is 11.5 Å². The number of hydrogen-bond acceptors (Lipinski definition) is 2. The number of carbonyl (C=O) groups excluding carboxylic acids is 1. The first-order valence-electron chi connectivity index (χ1n) is 4.02. The van der Waals surface area contributed by atoms with Crippen molar-refractivity contribution in [3.8, 4) is 0 Å². The summed E-state index contributed by atoms with van der Waals surface area (Å²) >= 11 is 11.3. The van der Waals surface area contributed by atoms with Gasteiger partial charge in [0.2, 0.25) is 0 Å². The zero-order valence-electron chi connectivity index (χ0n) is 7.30. The fraction of sp³-hybridized carbons (Fsp3) is 0. The number of carbonyl (C=O) groups is 1. The zero-order chi connectivity index (χ0) is 11.0. The van der Waals surface area contributed by atoms with E-state index in [1.165, 1.54) is 18.2 Å². The molecule has 0 spiro atoms. The summed E-state index contributed by atoms with van der Waals surface area (Å²) < 4.78 is 13.1. The minimum atomic E-state index is -0.563. The third-order valence-electron chi connectivity index (χ3n) is 1.96. The lowest BCUT2D eigenvalue weighted by molar-refractivity contribution is 0.112. The van der Waals surface area contributed by atoms with Crippen molar-refractivity contribution in [2.45, 2.75) is 0 Å². The Hall–Kier alpha value is -1.19. The third-order valence-corrected chi connectivity index (χ3v) is 2.56. The van der Waals surface area contributed by atoms with Gasteiger partial charge in [-0.15, -0.1) is 0 Å². The molecule has 0 amide bonds. The summed E-state index contributed by atoms with van der Waals surface area (Å²) in [6.45, 7) is 0. The third kappa shape index (κ3) is 1.80. The number of rotatable bonds is 1. The molecule has 1 aromatic carbocycles. The molecule has 0 unspecified atom stereocenters. The summed E-state index contributed by atoms with van der Waals surface area (Å²) in [6.07, 6.45) is 0.589. The molecule has 76 valence electrons. The molecule has 0 atom stereocenters. The van der Waals surface area contributed by atoms with Crippen LogP contribution in [0.25, 0.3) is 10.9 Å². The monoisotopic (exact) mass is 243 g/mol. The van der Waals surface area contributed by atoms with Gasteiger partial charge in [-0.3, -0.25) is 4.79 Å². The number of aromatic nitrogens is 1. The Morgan fingerprint density at radius 1 is 1.27 bits per heavy atom. The first-order chi connectivity index (χ1) is 7.11. The fourth-order valence-electron chi connectivity index (χ4n) is 1.24. The van der Waals surface area contributed by atoms with E-state index in [1.54, 1.807) is 0 Å². The first-order valence-corrected chi connectivity index (χ1v) is 4.78. The minimum absolute atomic E-state index is 0.0107. The van der Waals surface area contributed by atoms with Gasteiger partial charge >= 0.3 is 0 Å². The molecule has 0 bridgehead atoms. The second kappa shape index (κ2) is 3.76. The maximum atomic E-state index is 13.1. The average Bonchev–Trinajstić information content (AvgIpc) is 2.20. The summed E-state index contributed by atoms with van der Waals surface area (Å²) in [5.41, 5.74) is 0.624. The van der Waals surface area contributed by atoms with Crippen molar-refractivity contribution in [3.63, 3.8) is 0 Å². The molecule has 0 saturated carbocycles. The lowest BCUT2D eigenvalue weighted by Gasteiger charge is -2.02. The Bertz CT molecular complexity index is 557. The van der Waals surface area contributed by atoms with Crippen LogP contribution in [-0.4, -0.2) is 11.3 Å². The maximum Gasteiger partial charge on any atom is 0.153 e. The fourth-order valence-corrected chi connectivity index (χ4v) is 1.61. The van der Waals surface area contributed by atoms with E-state index in [2.05, 4.69) is 4.98 Å². The molecule has 0 aliphatic carbocycles. The SMILES string of the molecule is O=Cc1cc2cc(Cl)c(F)cc2nc1Cl. The van der Waals surface area contributed by atoms with Gasteiger partial charge < -0.3 is 0 Å². The maximum absolute atomic E-state index is 13.1. The van der Waals surface area contributed by atoms with Gasteiger partial charge in [0.25, 0.3) is 0 Å². The second-order valence-electron chi connectivity index (χ2n) is 2.95. The molecule has 1 heterocycles. The van der Waals surface area contributed by atoms with Crippen LogP contribution in [0.2, 0.25) is 10.2 Å². The largest absolute Gasteiger partial charge is 0.298 e. The van der Waals surface area contributed by atoms with Crippen LogP contribution < -0.4 is 0 Å². The Balaban J connectivity index is 2.82. The van der Waals surface area contributed by atoms with Crippen molar-refractivity contribution in [2.24, 2.45) is 0 Å². The first kappa shape index (κ1) is 10.3. The second-order valence-corrected chi connectivity index (χ2v) is 3.71. The number of aldehydes is 1. The van der Waals surface area contributed by atoms with Crippen LogP contribution in [0.5, 0.6) is 0 Å². The highest BCUT2D eigenvalue weighted by atomic mass is 35.5. The molecule has 0 radical (unpaired) electrons. The smallest absolute Gasteiger partial charge is 0.153 e. The van der Waals surface area contributed by atoms with Crippen LogP contribution in [0.4, 0.5) is 4.39 Å². The van der Waals surface area contributed by atoms with Gasteiger partial charge in [-0.2, -0.15) is 0 Å². The van der Waals surface area contributed by atoms with Gasteiger partial charge in [-0.25, -0.2) is 9.37 Å². The van der Waals surface area contributed by atoms with E-state index in [1.807, 2.05) is 0 Å². The molecule has 5 heteroatoms. The van der Waals surface area contributed by atoms with Gasteiger partial charge in [-0.1, -0.05) is 23.2 Å². The van der Waals surface area contributed by atoms with Crippen molar-refractivity contribution >= 4 is 40.4 Å². The van der Waals surface area contributed by atoms with Crippen molar-refractivity contribution in [1.29, 1.82) is 0 Å². The summed E-state index contributed by atoms with van der Waals surface area (Å²) in [4.78, 5) is 14.5. The summed E-state index contributed by atoms with van der Waals surface area (Å²) in [6, 6.07) is 4.10. The number of hydrogen-bond donors (Lipinski definition) is 0.